The van der Waals surface area contributed by atoms with Gasteiger partial charge in [-0.05, 0) is 0 Å². The smallest absolute Gasteiger partial charge is 0.242 e. The summed E-state index contributed by atoms with van der Waals surface area (Å²) in [6, 6.07) is 0. The van der Waals surface area contributed by atoms with Crippen LogP contribution in [0.1, 0.15) is 25.6 Å². The van der Waals surface area contributed by atoms with E-state index in [0.29, 0.717) is 11.8 Å². The zero-order valence-corrected chi connectivity index (χ0v) is 7.07. The Kier molecular flexibility index (Phi) is 2.39. The number of nitrogen functional groups attached to an aromatic ring is 2. The average Bonchev–Trinajstić information content (AvgIpc) is 2.03. The topological polar surface area (TPSA) is 103 Å². The standard InChI is InChI=1S/C6H12N6/c1-3(2)4-9-5(7)11-6(10-4)12-8/h3H,8H2,1-2H3,(H3,7,9,10,11,12). The Hall–Kier alpha value is -1.43. The van der Waals surface area contributed by atoms with Crippen LogP contribution in [0.25, 0.3) is 0 Å². The number of anilines is 2. The van der Waals surface area contributed by atoms with Gasteiger partial charge in [0.15, 0.2) is 0 Å². The van der Waals surface area contributed by atoms with E-state index in [2.05, 4.69) is 20.4 Å². The Balaban J connectivity index is 3.06. The normalized spacial score (nSPS) is 10.3. The molecule has 0 spiro atoms. The summed E-state index contributed by atoms with van der Waals surface area (Å²) in [6.45, 7) is 3.93. The van der Waals surface area contributed by atoms with Crippen molar-refractivity contribution in [2.75, 3.05) is 11.2 Å². The lowest BCUT2D eigenvalue weighted by Gasteiger charge is -2.05. The van der Waals surface area contributed by atoms with Gasteiger partial charge in [0.1, 0.15) is 5.82 Å². The summed E-state index contributed by atoms with van der Waals surface area (Å²) in [4.78, 5) is 11.7. The molecular formula is C6H12N6. The first-order chi connectivity index (χ1) is 5.63. The van der Waals surface area contributed by atoms with E-state index in [1.807, 2.05) is 13.8 Å². The number of nitrogens with zero attached hydrogens (tertiary/aromatic N) is 3. The number of aromatic nitrogens is 3. The number of nitrogens with one attached hydrogen (secondary N) is 1. The molecule has 6 heteroatoms. The van der Waals surface area contributed by atoms with Crippen LogP contribution in [0.15, 0.2) is 0 Å². The molecule has 0 saturated heterocycles. The maximum absolute atomic E-state index is 5.42. The first kappa shape index (κ1) is 8.66. The van der Waals surface area contributed by atoms with Crippen LogP contribution in [0.2, 0.25) is 0 Å². The minimum atomic E-state index is 0.182. The summed E-state index contributed by atoms with van der Waals surface area (Å²) >= 11 is 0. The number of hydrogen-bond donors (Lipinski definition) is 3. The van der Waals surface area contributed by atoms with Crippen LogP contribution in [-0.2, 0) is 0 Å². The second-order valence-electron chi connectivity index (χ2n) is 2.67. The van der Waals surface area contributed by atoms with E-state index in [-0.39, 0.29) is 11.9 Å². The number of hydrazine groups is 1. The first-order valence-corrected chi connectivity index (χ1v) is 3.61. The van der Waals surface area contributed by atoms with Crippen LogP contribution in [0.3, 0.4) is 0 Å². The third kappa shape index (κ3) is 1.79. The molecule has 0 radical (unpaired) electrons. The van der Waals surface area contributed by atoms with E-state index < -0.39 is 0 Å². The Morgan fingerprint density at radius 2 is 1.92 bits per heavy atom. The highest BCUT2D eigenvalue weighted by atomic mass is 15.3. The van der Waals surface area contributed by atoms with Crippen molar-refractivity contribution in [3.8, 4) is 0 Å². The largest absolute Gasteiger partial charge is 0.368 e. The van der Waals surface area contributed by atoms with Crippen LogP contribution in [0.5, 0.6) is 0 Å². The van der Waals surface area contributed by atoms with Crippen molar-refractivity contribution in [1.29, 1.82) is 0 Å². The molecule has 0 atom stereocenters. The molecular weight excluding hydrogens is 156 g/mol. The summed E-state index contributed by atoms with van der Waals surface area (Å²) < 4.78 is 0. The van der Waals surface area contributed by atoms with Crippen LogP contribution >= 0.6 is 0 Å². The SMILES string of the molecule is CC(C)c1nc(N)nc(NN)n1. The maximum Gasteiger partial charge on any atom is 0.242 e. The fourth-order valence-electron chi connectivity index (χ4n) is 0.732. The predicted octanol–water partition coefficient (Wildman–Crippen LogP) is -0.137. The lowest BCUT2D eigenvalue weighted by atomic mass is 10.2. The molecule has 1 aromatic heterocycles. The van der Waals surface area contributed by atoms with E-state index in [1.165, 1.54) is 0 Å². The second-order valence-corrected chi connectivity index (χ2v) is 2.67. The van der Waals surface area contributed by atoms with Gasteiger partial charge in [-0.3, -0.25) is 5.43 Å². The lowest BCUT2D eigenvalue weighted by molar-refractivity contribution is 0.765. The number of rotatable bonds is 2. The fraction of sp³-hybridized carbons (Fsp3) is 0.500. The van der Waals surface area contributed by atoms with Crippen molar-refractivity contribution in [3.63, 3.8) is 0 Å². The second kappa shape index (κ2) is 3.31. The van der Waals surface area contributed by atoms with Crippen molar-refractivity contribution in [2.45, 2.75) is 19.8 Å². The summed E-state index contributed by atoms with van der Waals surface area (Å²) in [7, 11) is 0. The molecule has 1 heterocycles. The molecule has 0 saturated carbocycles. The molecule has 0 aliphatic rings. The van der Waals surface area contributed by atoms with Gasteiger partial charge >= 0.3 is 0 Å². The van der Waals surface area contributed by atoms with Gasteiger partial charge in [0.25, 0.3) is 0 Å². The van der Waals surface area contributed by atoms with E-state index in [1.54, 1.807) is 0 Å². The van der Waals surface area contributed by atoms with Gasteiger partial charge in [-0.25, -0.2) is 5.84 Å². The molecule has 0 amide bonds. The van der Waals surface area contributed by atoms with Crippen molar-refractivity contribution in [1.82, 2.24) is 15.0 Å². The molecule has 0 aliphatic heterocycles. The number of hydrogen-bond acceptors (Lipinski definition) is 6. The molecule has 1 rings (SSSR count). The van der Waals surface area contributed by atoms with Crippen molar-refractivity contribution >= 4 is 11.9 Å². The lowest BCUT2D eigenvalue weighted by Crippen LogP contribution is -2.14. The Morgan fingerprint density at radius 3 is 2.42 bits per heavy atom. The highest BCUT2D eigenvalue weighted by Crippen LogP contribution is 2.10. The van der Waals surface area contributed by atoms with Gasteiger partial charge in [0, 0.05) is 5.92 Å². The summed E-state index contributed by atoms with van der Waals surface area (Å²) in [5.41, 5.74) is 7.74. The molecule has 12 heavy (non-hydrogen) atoms. The highest BCUT2D eigenvalue weighted by Gasteiger charge is 2.06. The molecule has 6 nitrogen and oxygen atoms in total. The van der Waals surface area contributed by atoms with Crippen molar-refractivity contribution < 1.29 is 0 Å². The third-order valence-corrected chi connectivity index (χ3v) is 1.32. The zero-order valence-electron chi connectivity index (χ0n) is 7.07. The summed E-state index contributed by atoms with van der Waals surface area (Å²) in [6.07, 6.45) is 0. The third-order valence-electron chi connectivity index (χ3n) is 1.32. The van der Waals surface area contributed by atoms with Gasteiger partial charge in [-0.1, -0.05) is 13.8 Å². The molecule has 5 N–H and O–H groups in total. The first-order valence-electron chi connectivity index (χ1n) is 3.61. The average molecular weight is 168 g/mol. The summed E-state index contributed by atoms with van der Waals surface area (Å²) in [5, 5.41) is 0. The zero-order chi connectivity index (χ0) is 9.14. The minimum absolute atomic E-state index is 0.182. The molecule has 66 valence electrons. The Bertz CT molecular complexity index is 271. The number of nitrogens with two attached hydrogens (primary N) is 2. The van der Waals surface area contributed by atoms with Crippen molar-refractivity contribution in [3.05, 3.63) is 5.82 Å². The molecule has 0 bridgehead atoms. The van der Waals surface area contributed by atoms with Gasteiger partial charge < -0.3 is 5.73 Å². The van der Waals surface area contributed by atoms with Gasteiger partial charge in [0.05, 0.1) is 0 Å². The quantitative estimate of drug-likeness (QED) is 0.419. The van der Waals surface area contributed by atoms with E-state index in [9.17, 15) is 0 Å². The van der Waals surface area contributed by atoms with Crippen LogP contribution in [0.4, 0.5) is 11.9 Å². The predicted molar refractivity (Wildman–Crippen MR) is 46.1 cm³/mol. The molecule has 0 fully saturated rings. The van der Waals surface area contributed by atoms with Crippen LogP contribution in [-0.4, -0.2) is 15.0 Å². The summed E-state index contributed by atoms with van der Waals surface area (Å²) in [5.74, 6) is 6.45. The van der Waals surface area contributed by atoms with Crippen LogP contribution < -0.4 is 17.0 Å². The van der Waals surface area contributed by atoms with E-state index >= 15 is 0 Å². The molecule has 0 aliphatic carbocycles. The van der Waals surface area contributed by atoms with Crippen LogP contribution in [0, 0.1) is 0 Å². The molecule has 0 aromatic carbocycles. The van der Waals surface area contributed by atoms with Crippen molar-refractivity contribution in [2.24, 2.45) is 5.84 Å². The molecule has 1 aromatic rings. The van der Waals surface area contributed by atoms with E-state index in [0.717, 1.165) is 0 Å². The Morgan fingerprint density at radius 1 is 1.25 bits per heavy atom. The van der Waals surface area contributed by atoms with E-state index in [4.69, 9.17) is 11.6 Å². The van der Waals surface area contributed by atoms with Gasteiger partial charge in [-0.2, -0.15) is 15.0 Å². The highest BCUT2D eigenvalue weighted by molar-refractivity contribution is 5.29. The minimum Gasteiger partial charge on any atom is -0.368 e. The Labute approximate surface area is 70.4 Å². The monoisotopic (exact) mass is 168 g/mol. The maximum atomic E-state index is 5.42. The molecule has 0 unspecified atom stereocenters. The van der Waals surface area contributed by atoms with Gasteiger partial charge in [0.2, 0.25) is 11.9 Å². The van der Waals surface area contributed by atoms with Gasteiger partial charge in [-0.15, -0.1) is 0 Å². The fourth-order valence-corrected chi connectivity index (χ4v) is 0.732.